The van der Waals surface area contributed by atoms with E-state index in [1.165, 1.54) is 0 Å². The van der Waals surface area contributed by atoms with Gasteiger partial charge in [-0.05, 0) is 55.0 Å². The minimum atomic E-state index is -0.0924. The van der Waals surface area contributed by atoms with Gasteiger partial charge in [-0.15, -0.1) is 5.10 Å². The minimum Gasteiger partial charge on any atom is -0.484 e. The molecule has 0 spiro atoms. The molecule has 0 saturated heterocycles. The van der Waals surface area contributed by atoms with Crippen molar-refractivity contribution in [3.8, 4) is 5.75 Å². The molecule has 0 aliphatic rings. The van der Waals surface area contributed by atoms with E-state index in [2.05, 4.69) is 10.2 Å². The van der Waals surface area contributed by atoms with Crippen molar-refractivity contribution in [2.45, 2.75) is 13.5 Å². The number of hydrogen-bond donors (Lipinski definition) is 1. The van der Waals surface area contributed by atoms with Gasteiger partial charge in [0.15, 0.2) is 12.4 Å². The van der Waals surface area contributed by atoms with E-state index in [4.69, 9.17) is 33.0 Å². The molecule has 0 aliphatic heterocycles. The molecule has 2 aromatic carbocycles. The highest BCUT2D eigenvalue weighted by Crippen LogP contribution is 2.22. The van der Waals surface area contributed by atoms with Gasteiger partial charge in [-0.3, -0.25) is 4.79 Å². The van der Waals surface area contributed by atoms with Crippen molar-refractivity contribution < 1.29 is 13.9 Å². The van der Waals surface area contributed by atoms with E-state index in [0.717, 1.165) is 5.56 Å². The molecule has 1 heterocycles. The second kappa shape index (κ2) is 6.98. The zero-order chi connectivity index (χ0) is 17.1. The average Bonchev–Trinajstić information content (AvgIpc) is 2.98. The molecule has 3 rings (SSSR count). The molecular formula is C17H13ClN2O3S. The Labute approximate surface area is 148 Å². The van der Waals surface area contributed by atoms with E-state index in [-0.39, 0.29) is 17.2 Å². The highest BCUT2D eigenvalue weighted by atomic mass is 35.5. The molecule has 0 amide bonds. The number of nitrogens with zero attached hydrogens (tertiary/aromatic N) is 1. The van der Waals surface area contributed by atoms with E-state index in [1.54, 1.807) is 42.5 Å². The van der Waals surface area contributed by atoms with Crippen LogP contribution in [0, 0.1) is 11.8 Å². The third-order valence-electron chi connectivity index (χ3n) is 3.36. The lowest BCUT2D eigenvalue weighted by Crippen LogP contribution is -2.03. The van der Waals surface area contributed by atoms with Crippen molar-refractivity contribution >= 4 is 29.6 Å². The van der Waals surface area contributed by atoms with Gasteiger partial charge in [-0.2, -0.15) is 0 Å². The monoisotopic (exact) mass is 360 g/mol. The van der Waals surface area contributed by atoms with Crippen molar-refractivity contribution in [2.75, 3.05) is 0 Å². The molecular weight excluding hydrogens is 348 g/mol. The number of aryl methyl sites for hydroxylation is 1. The van der Waals surface area contributed by atoms with E-state index < -0.39 is 0 Å². The number of hydrogen-bond acceptors (Lipinski definition) is 5. The number of nitrogens with one attached hydrogen (secondary N) is 1. The summed E-state index contributed by atoms with van der Waals surface area (Å²) in [4.78, 5) is 12.7. The fourth-order valence-electron chi connectivity index (χ4n) is 2.21. The second-order valence-corrected chi connectivity index (χ2v) is 5.92. The summed E-state index contributed by atoms with van der Waals surface area (Å²) in [6.45, 7) is 2.01. The van der Waals surface area contributed by atoms with Gasteiger partial charge in [0, 0.05) is 16.1 Å². The molecule has 3 aromatic rings. The molecule has 5 nitrogen and oxygen atoms in total. The third kappa shape index (κ3) is 3.72. The smallest absolute Gasteiger partial charge is 0.284 e. The standard InChI is InChI=1S/C17H13ClN2O3S/c1-10-7-12(16(21)11-3-2-4-13(18)8-11)5-6-14(10)22-9-15-19-20-17(24)23-15/h2-8H,9H2,1H3,(H,20,24). The number of aromatic nitrogens is 2. The Morgan fingerprint density at radius 1 is 1.29 bits per heavy atom. The number of rotatable bonds is 5. The van der Waals surface area contributed by atoms with Gasteiger partial charge in [0.05, 0.1) is 0 Å². The summed E-state index contributed by atoms with van der Waals surface area (Å²) in [5.74, 6) is 0.908. The first kappa shape index (κ1) is 16.4. The molecule has 0 unspecified atom stereocenters. The number of ketones is 1. The number of aromatic amines is 1. The van der Waals surface area contributed by atoms with Crippen LogP contribution in [-0.4, -0.2) is 16.0 Å². The van der Waals surface area contributed by atoms with Crippen molar-refractivity contribution in [2.24, 2.45) is 0 Å². The molecule has 24 heavy (non-hydrogen) atoms. The highest BCUT2D eigenvalue weighted by Gasteiger charge is 2.12. The van der Waals surface area contributed by atoms with Gasteiger partial charge >= 0.3 is 0 Å². The van der Waals surface area contributed by atoms with Crippen LogP contribution in [0.25, 0.3) is 0 Å². The molecule has 0 atom stereocenters. The number of carbonyl (C=O) groups excluding carboxylic acids is 1. The van der Waals surface area contributed by atoms with Crippen LogP contribution in [0.4, 0.5) is 0 Å². The number of carbonyl (C=O) groups is 1. The van der Waals surface area contributed by atoms with E-state index in [1.807, 2.05) is 6.92 Å². The van der Waals surface area contributed by atoms with Crippen molar-refractivity contribution in [3.63, 3.8) is 0 Å². The SMILES string of the molecule is Cc1cc(C(=O)c2cccc(Cl)c2)ccc1OCc1n[nH]c(=S)o1. The first-order chi connectivity index (χ1) is 11.5. The summed E-state index contributed by atoms with van der Waals surface area (Å²) >= 11 is 10.7. The van der Waals surface area contributed by atoms with Crippen LogP contribution in [0.3, 0.4) is 0 Å². The van der Waals surface area contributed by atoms with Crippen LogP contribution >= 0.6 is 23.8 Å². The second-order valence-electron chi connectivity index (χ2n) is 5.12. The van der Waals surface area contributed by atoms with Crippen molar-refractivity contribution in [1.29, 1.82) is 0 Å². The Hall–Kier alpha value is -2.44. The first-order valence-corrected chi connectivity index (χ1v) is 7.89. The summed E-state index contributed by atoms with van der Waals surface area (Å²) in [6.07, 6.45) is 0. The van der Waals surface area contributed by atoms with Gasteiger partial charge in [0.25, 0.3) is 10.7 Å². The molecule has 1 aromatic heterocycles. The predicted octanol–water partition coefficient (Wildman–Crippen LogP) is 4.50. The lowest BCUT2D eigenvalue weighted by Gasteiger charge is -2.09. The summed E-state index contributed by atoms with van der Waals surface area (Å²) in [6, 6.07) is 12.1. The van der Waals surface area contributed by atoms with Crippen molar-refractivity contribution in [3.05, 3.63) is 74.9 Å². The topological polar surface area (TPSA) is 68.1 Å². The number of halogens is 1. The van der Waals surface area contributed by atoms with Gasteiger partial charge in [0.1, 0.15) is 5.75 Å². The normalized spacial score (nSPS) is 10.6. The maximum absolute atomic E-state index is 12.5. The lowest BCUT2D eigenvalue weighted by molar-refractivity contribution is 0.103. The third-order valence-corrected chi connectivity index (χ3v) is 3.77. The predicted molar refractivity (Wildman–Crippen MR) is 92.1 cm³/mol. The summed E-state index contributed by atoms with van der Waals surface area (Å²) in [5, 5.41) is 6.92. The van der Waals surface area contributed by atoms with Crippen LogP contribution in [0.2, 0.25) is 5.02 Å². The zero-order valence-electron chi connectivity index (χ0n) is 12.7. The molecule has 0 bridgehead atoms. The summed E-state index contributed by atoms with van der Waals surface area (Å²) in [7, 11) is 0. The molecule has 7 heteroatoms. The first-order valence-electron chi connectivity index (χ1n) is 7.11. The lowest BCUT2D eigenvalue weighted by atomic mass is 10.0. The van der Waals surface area contributed by atoms with E-state index in [0.29, 0.717) is 27.8 Å². The van der Waals surface area contributed by atoms with Crippen LogP contribution in [-0.2, 0) is 6.61 Å². The zero-order valence-corrected chi connectivity index (χ0v) is 14.3. The summed E-state index contributed by atoms with van der Waals surface area (Å²) in [5.41, 5.74) is 1.94. The Morgan fingerprint density at radius 3 is 2.75 bits per heavy atom. The van der Waals surface area contributed by atoms with Crippen LogP contribution < -0.4 is 4.74 Å². The van der Waals surface area contributed by atoms with Gasteiger partial charge in [-0.1, -0.05) is 23.7 Å². The highest BCUT2D eigenvalue weighted by molar-refractivity contribution is 7.71. The Kier molecular flexibility index (Phi) is 4.78. The largest absolute Gasteiger partial charge is 0.484 e. The van der Waals surface area contributed by atoms with E-state index >= 15 is 0 Å². The minimum absolute atomic E-state index is 0.0924. The fraction of sp³-hybridized carbons (Fsp3) is 0.118. The summed E-state index contributed by atoms with van der Waals surface area (Å²) < 4.78 is 10.8. The average molecular weight is 361 g/mol. The maximum atomic E-state index is 12.5. The molecule has 0 fully saturated rings. The van der Waals surface area contributed by atoms with Gasteiger partial charge in [-0.25, -0.2) is 5.10 Å². The van der Waals surface area contributed by atoms with Gasteiger partial charge < -0.3 is 9.15 Å². The number of H-pyrrole nitrogens is 1. The molecule has 122 valence electrons. The van der Waals surface area contributed by atoms with Crippen LogP contribution in [0.1, 0.15) is 27.4 Å². The maximum Gasteiger partial charge on any atom is 0.284 e. The molecule has 0 aliphatic carbocycles. The molecule has 0 radical (unpaired) electrons. The number of benzene rings is 2. The Morgan fingerprint density at radius 2 is 2.08 bits per heavy atom. The van der Waals surface area contributed by atoms with Crippen LogP contribution in [0.5, 0.6) is 5.75 Å². The Bertz CT molecular complexity index is 949. The fourth-order valence-corrected chi connectivity index (χ4v) is 2.54. The van der Waals surface area contributed by atoms with Gasteiger partial charge in [0.2, 0.25) is 0 Å². The Balaban J connectivity index is 1.76. The molecule has 1 N–H and O–H groups in total. The van der Waals surface area contributed by atoms with E-state index in [9.17, 15) is 4.79 Å². The molecule has 0 saturated carbocycles. The van der Waals surface area contributed by atoms with Crippen LogP contribution in [0.15, 0.2) is 46.9 Å². The number of ether oxygens (including phenoxy) is 1. The quantitative estimate of drug-likeness (QED) is 0.535. The van der Waals surface area contributed by atoms with Crippen molar-refractivity contribution in [1.82, 2.24) is 10.2 Å².